The normalized spacial score (nSPS) is 10.2. The SMILES string of the molecule is COc1ccc(CN)cc1OCc1cnoc1. The van der Waals surface area contributed by atoms with Crippen LogP contribution in [0.1, 0.15) is 11.1 Å². The van der Waals surface area contributed by atoms with Crippen LogP contribution in [0, 0.1) is 0 Å². The van der Waals surface area contributed by atoms with Crippen LogP contribution in [0.5, 0.6) is 11.5 Å². The van der Waals surface area contributed by atoms with Crippen molar-refractivity contribution in [3.63, 3.8) is 0 Å². The number of hydrogen-bond donors (Lipinski definition) is 1. The van der Waals surface area contributed by atoms with Gasteiger partial charge in [0.1, 0.15) is 12.9 Å². The number of rotatable bonds is 5. The fourth-order valence-electron chi connectivity index (χ4n) is 1.42. The van der Waals surface area contributed by atoms with Crippen molar-refractivity contribution in [2.24, 2.45) is 5.73 Å². The van der Waals surface area contributed by atoms with E-state index in [1.165, 1.54) is 0 Å². The van der Waals surface area contributed by atoms with Crippen LogP contribution in [0.2, 0.25) is 0 Å². The lowest BCUT2D eigenvalue weighted by atomic mass is 10.2. The average Bonchev–Trinajstić information content (AvgIpc) is 2.89. The molecule has 1 aromatic carbocycles. The maximum absolute atomic E-state index is 5.63. The molecule has 0 atom stereocenters. The van der Waals surface area contributed by atoms with Gasteiger partial charge in [-0.15, -0.1) is 0 Å². The molecular formula is C12H14N2O3. The second-order valence-corrected chi connectivity index (χ2v) is 3.51. The molecule has 5 nitrogen and oxygen atoms in total. The zero-order valence-electron chi connectivity index (χ0n) is 9.55. The fourth-order valence-corrected chi connectivity index (χ4v) is 1.42. The minimum atomic E-state index is 0.383. The van der Waals surface area contributed by atoms with E-state index in [9.17, 15) is 0 Å². The van der Waals surface area contributed by atoms with Crippen molar-refractivity contribution in [1.29, 1.82) is 0 Å². The van der Waals surface area contributed by atoms with Gasteiger partial charge in [-0.1, -0.05) is 11.2 Å². The Labute approximate surface area is 99.1 Å². The Morgan fingerprint density at radius 1 is 1.29 bits per heavy atom. The summed E-state index contributed by atoms with van der Waals surface area (Å²) < 4.78 is 15.6. The van der Waals surface area contributed by atoms with E-state index in [0.29, 0.717) is 24.7 Å². The third kappa shape index (κ3) is 2.76. The molecular weight excluding hydrogens is 220 g/mol. The minimum absolute atomic E-state index is 0.383. The number of nitrogens with two attached hydrogens (primary N) is 1. The van der Waals surface area contributed by atoms with Gasteiger partial charge >= 0.3 is 0 Å². The summed E-state index contributed by atoms with van der Waals surface area (Å²) in [6.45, 7) is 0.849. The lowest BCUT2D eigenvalue weighted by Gasteiger charge is -2.10. The molecule has 0 amide bonds. The van der Waals surface area contributed by atoms with Crippen LogP contribution in [-0.2, 0) is 13.2 Å². The summed E-state index contributed by atoms with van der Waals surface area (Å²) in [5, 5.41) is 3.60. The van der Waals surface area contributed by atoms with E-state index in [0.717, 1.165) is 11.1 Å². The van der Waals surface area contributed by atoms with Gasteiger partial charge in [-0.25, -0.2) is 0 Å². The summed E-state index contributed by atoms with van der Waals surface area (Å²) >= 11 is 0. The molecule has 1 heterocycles. The fraction of sp³-hybridized carbons (Fsp3) is 0.250. The highest BCUT2D eigenvalue weighted by atomic mass is 16.5. The molecule has 0 saturated carbocycles. The summed E-state index contributed by atoms with van der Waals surface area (Å²) in [4.78, 5) is 0. The predicted molar refractivity (Wildman–Crippen MR) is 61.7 cm³/mol. The molecule has 90 valence electrons. The molecule has 0 radical (unpaired) electrons. The van der Waals surface area contributed by atoms with Crippen molar-refractivity contribution >= 4 is 0 Å². The summed E-state index contributed by atoms with van der Waals surface area (Å²) in [5.74, 6) is 1.34. The van der Waals surface area contributed by atoms with Gasteiger partial charge in [0.25, 0.3) is 0 Å². The number of hydrogen-bond acceptors (Lipinski definition) is 5. The first-order chi connectivity index (χ1) is 8.33. The van der Waals surface area contributed by atoms with Crippen LogP contribution < -0.4 is 15.2 Å². The van der Waals surface area contributed by atoms with Crippen molar-refractivity contribution in [2.75, 3.05) is 7.11 Å². The quantitative estimate of drug-likeness (QED) is 0.852. The second-order valence-electron chi connectivity index (χ2n) is 3.51. The largest absolute Gasteiger partial charge is 0.493 e. The molecule has 0 aliphatic rings. The zero-order chi connectivity index (χ0) is 12.1. The standard InChI is InChI=1S/C12H14N2O3/c1-15-11-3-2-9(5-13)4-12(11)16-7-10-6-14-17-8-10/h2-4,6,8H,5,7,13H2,1H3. The summed E-state index contributed by atoms with van der Waals surface area (Å²) in [5.41, 5.74) is 7.44. The molecule has 0 spiro atoms. The molecule has 0 aliphatic heterocycles. The number of ether oxygens (including phenoxy) is 2. The topological polar surface area (TPSA) is 70.5 Å². The lowest BCUT2D eigenvalue weighted by molar-refractivity contribution is 0.283. The number of benzene rings is 1. The first kappa shape index (κ1) is 11.5. The first-order valence-corrected chi connectivity index (χ1v) is 5.21. The Kier molecular flexibility index (Phi) is 3.62. The molecule has 0 fully saturated rings. The van der Waals surface area contributed by atoms with Crippen molar-refractivity contribution < 1.29 is 14.0 Å². The molecule has 2 N–H and O–H groups in total. The van der Waals surface area contributed by atoms with Gasteiger partial charge in [0.15, 0.2) is 11.5 Å². The van der Waals surface area contributed by atoms with Gasteiger partial charge in [0.2, 0.25) is 0 Å². The van der Waals surface area contributed by atoms with Crippen molar-refractivity contribution in [3.05, 3.63) is 41.8 Å². The van der Waals surface area contributed by atoms with Crippen molar-refractivity contribution in [3.8, 4) is 11.5 Å². The number of nitrogens with zero attached hydrogens (tertiary/aromatic N) is 1. The Hall–Kier alpha value is -2.01. The molecule has 1 aromatic heterocycles. The molecule has 2 rings (SSSR count). The van der Waals surface area contributed by atoms with E-state index in [4.69, 9.17) is 19.7 Å². The van der Waals surface area contributed by atoms with Gasteiger partial charge in [-0.2, -0.15) is 0 Å². The van der Waals surface area contributed by atoms with Crippen molar-refractivity contribution in [2.45, 2.75) is 13.2 Å². The minimum Gasteiger partial charge on any atom is -0.493 e. The van der Waals surface area contributed by atoms with E-state index >= 15 is 0 Å². The van der Waals surface area contributed by atoms with E-state index < -0.39 is 0 Å². The first-order valence-electron chi connectivity index (χ1n) is 5.21. The monoisotopic (exact) mass is 234 g/mol. The van der Waals surface area contributed by atoms with Crippen LogP contribution in [0.4, 0.5) is 0 Å². The van der Waals surface area contributed by atoms with Crippen LogP contribution in [0.3, 0.4) is 0 Å². The van der Waals surface area contributed by atoms with E-state index in [1.807, 2.05) is 18.2 Å². The summed E-state index contributed by atoms with van der Waals surface area (Å²) in [6, 6.07) is 5.61. The maximum atomic E-state index is 5.63. The number of methoxy groups -OCH3 is 1. The van der Waals surface area contributed by atoms with E-state index in [-0.39, 0.29) is 0 Å². The van der Waals surface area contributed by atoms with E-state index in [2.05, 4.69) is 5.16 Å². The third-order valence-electron chi connectivity index (χ3n) is 2.34. The Balaban J connectivity index is 2.12. The maximum Gasteiger partial charge on any atom is 0.161 e. The average molecular weight is 234 g/mol. The highest BCUT2D eigenvalue weighted by Crippen LogP contribution is 2.28. The highest BCUT2D eigenvalue weighted by molar-refractivity contribution is 5.43. The predicted octanol–water partition coefficient (Wildman–Crippen LogP) is 1.72. The van der Waals surface area contributed by atoms with Gasteiger partial charge in [-0.3, -0.25) is 0 Å². The molecule has 0 unspecified atom stereocenters. The lowest BCUT2D eigenvalue weighted by Crippen LogP contribution is -2.00. The van der Waals surface area contributed by atoms with Crippen LogP contribution in [0.25, 0.3) is 0 Å². The smallest absolute Gasteiger partial charge is 0.161 e. The summed E-state index contributed by atoms with van der Waals surface area (Å²) in [6.07, 6.45) is 3.15. The van der Waals surface area contributed by atoms with Gasteiger partial charge in [0, 0.05) is 12.1 Å². The third-order valence-corrected chi connectivity index (χ3v) is 2.34. The van der Waals surface area contributed by atoms with Crippen LogP contribution in [-0.4, -0.2) is 12.3 Å². The molecule has 0 bridgehead atoms. The molecule has 5 heteroatoms. The number of aromatic nitrogens is 1. The van der Waals surface area contributed by atoms with Crippen LogP contribution in [0.15, 0.2) is 35.2 Å². The Morgan fingerprint density at radius 3 is 2.82 bits per heavy atom. The Morgan fingerprint density at radius 2 is 2.18 bits per heavy atom. The highest BCUT2D eigenvalue weighted by Gasteiger charge is 2.06. The summed E-state index contributed by atoms with van der Waals surface area (Å²) in [7, 11) is 1.60. The van der Waals surface area contributed by atoms with E-state index in [1.54, 1.807) is 19.6 Å². The van der Waals surface area contributed by atoms with Gasteiger partial charge in [-0.05, 0) is 17.7 Å². The van der Waals surface area contributed by atoms with Gasteiger partial charge in [0.05, 0.1) is 13.3 Å². The molecule has 0 saturated heterocycles. The Bertz CT molecular complexity index is 469. The zero-order valence-corrected chi connectivity index (χ0v) is 9.55. The molecule has 0 aliphatic carbocycles. The molecule has 2 aromatic rings. The van der Waals surface area contributed by atoms with Crippen molar-refractivity contribution in [1.82, 2.24) is 5.16 Å². The second kappa shape index (κ2) is 5.36. The van der Waals surface area contributed by atoms with Crippen LogP contribution >= 0.6 is 0 Å². The molecule has 17 heavy (non-hydrogen) atoms. The van der Waals surface area contributed by atoms with Gasteiger partial charge < -0.3 is 19.7 Å².